The molecule has 214 valence electrons. The van der Waals surface area contributed by atoms with Gasteiger partial charge in [0, 0.05) is 51.0 Å². The molecular weight excluding hydrogens is 472 g/mol. The quantitative estimate of drug-likeness (QED) is 0.315. The highest BCUT2D eigenvalue weighted by Gasteiger charge is 2.66. The van der Waals surface area contributed by atoms with Crippen LogP contribution >= 0.6 is 0 Å². The third-order valence-corrected chi connectivity index (χ3v) is 11.1. The third-order valence-electron chi connectivity index (χ3n) is 11.1. The average Bonchev–Trinajstić information content (AvgIpc) is 3.23. The van der Waals surface area contributed by atoms with E-state index in [4.69, 9.17) is 14.2 Å². The van der Waals surface area contributed by atoms with E-state index in [9.17, 15) is 20.1 Å². The first-order chi connectivity index (χ1) is 17.8. The van der Waals surface area contributed by atoms with Crippen LogP contribution in [0.15, 0.2) is 0 Å². The van der Waals surface area contributed by atoms with Gasteiger partial charge in [0.15, 0.2) is 0 Å². The molecule has 0 radical (unpaired) electrons. The molecule has 0 aromatic carbocycles. The number of ether oxygens (including phenoxy) is 3. The third kappa shape index (κ3) is 5.69. The SMILES string of the molecule is CC(=O)[C@H]1CC[C@H]2C3[C@H](OCCCO)CC4C[C@H](OCCCO)CC[C@]4(C)[C@H]3C[C@H](OCCCO)[C@]12C. The van der Waals surface area contributed by atoms with Crippen LogP contribution in [0.25, 0.3) is 0 Å². The molecule has 0 aromatic rings. The molecule has 7 nitrogen and oxygen atoms in total. The molecule has 4 saturated carbocycles. The number of rotatable bonds is 13. The van der Waals surface area contributed by atoms with Gasteiger partial charge in [-0.05, 0) is 100 Å². The van der Waals surface area contributed by atoms with Gasteiger partial charge in [0.1, 0.15) is 5.78 Å². The van der Waals surface area contributed by atoms with Crippen molar-refractivity contribution >= 4 is 5.78 Å². The molecule has 0 saturated heterocycles. The Morgan fingerprint density at radius 1 is 0.811 bits per heavy atom. The van der Waals surface area contributed by atoms with Crippen molar-refractivity contribution in [1.82, 2.24) is 0 Å². The van der Waals surface area contributed by atoms with Gasteiger partial charge in [-0.2, -0.15) is 0 Å². The summed E-state index contributed by atoms with van der Waals surface area (Å²) in [6.45, 7) is 8.68. The molecule has 4 aliphatic rings. The van der Waals surface area contributed by atoms with Gasteiger partial charge in [-0.1, -0.05) is 13.8 Å². The van der Waals surface area contributed by atoms with Crippen LogP contribution in [0.1, 0.15) is 85.0 Å². The molecule has 0 amide bonds. The summed E-state index contributed by atoms with van der Waals surface area (Å²) in [5.74, 6) is 1.99. The summed E-state index contributed by atoms with van der Waals surface area (Å²) in [4.78, 5) is 12.9. The molecule has 37 heavy (non-hydrogen) atoms. The highest BCUT2D eigenvalue weighted by molar-refractivity contribution is 5.79. The number of aliphatic hydroxyl groups is 3. The number of aliphatic hydroxyl groups excluding tert-OH is 3. The largest absolute Gasteiger partial charge is 0.396 e. The van der Waals surface area contributed by atoms with Crippen molar-refractivity contribution in [3.63, 3.8) is 0 Å². The summed E-state index contributed by atoms with van der Waals surface area (Å²) in [6.07, 6.45) is 9.42. The van der Waals surface area contributed by atoms with E-state index in [1.165, 1.54) is 0 Å². The molecule has 0 spiro atoms. The van der Waals surface area contributed by atoms with Gasteiger partial charge in [-0.25, -0.2) is 0 Å². The Hall–Kier alpha value is -0.570. The average molecular weight is 525 g/mol. The van der Waals surface area contributed by atoms with Crippen molar-refractivity contribution in [3.05, 3.63) is 0 Å². The van der Waals surface area contributed by atoms with Gasteiger partial charge < -0.3 is 29.5 Å². The first kappa shape index (κ1) is 29.4. The van der Waals surface area contributed by atoms with Gasteiger partial charge in [-0.15, -0.1) is 0 Å². The van der Waals surface area contributed by atoms with E-state index in [1.807, 2.05) is 0 Å². The molecule has 10 atom stereocenters. The first-order valence-corrected chi connectivity index (χ1v) is 15.0. The number of ketones is 1. The van der Waals surface area contributed by atoms with E-state index in [0.29, 0.717) is 62.8 Å². The van der Waals surface area contributed by atoms with Crippen molar-refractivity contribution < 1.29 is 34.3 Å². The number of hydrogen-bond donors (Lipinski definition) is 3. The molecule has 4 fully saturated rings. The van der Waals surface area contributed by atoms with E-state index in [1.54, 1.807) is 6.92 Å². The van der Waals surface area contributed by atoms with Crippen molar-refractivity contribution in [1.29, 1.82) is 0 Å². The maximum Gasteiger partial charge on any atom is 0.133 e. The Balaban J connectivity index is 1.64. The van der Waals surface area contributed by atoms with Crippen molar-refractivity contribution in [2.75, 3.05) is 39.6 Å². The lowest BCUT2D eigenvalue weighted by molar-refractivity contribution is -0.225. The summed E-state index contributed by atoms with van der Waals surface area (Å²) in [5, 5.41) is 28.0. The van der Waals surface area contributed by atoms with E-state index < -0.39 is 0 Å². The van der Waals surface area contributed by atoms with Crippen LogP contribution in [-0.4, -0.2) is 79.1 Å². The minimum Gasteiger partial charge on any atom is -0.396 e. The monoisotopic (exact) mass is 524 g/mol. The molecule has 0 bridgehead atoms. The molecule has 2 unspecified atom stereocenters. The van der Waals surface area contributed by atoms with Gasteiger partial charge in [0.2, 0.25) is 0 Å². The first-order valence-electron chi connectivity index (χ1n) is 15.0. The molecule has 7 heteroatoms. The normalized spacial score (nSPS) is 43.2. The summed E-state index contributed by atoms with van der Waals surface area (Å²) in [6, 6.07) is 0. The van der Waals surface area contributed by atoms with Crippen LogP contribution in [0.4, 0.5) is 0 Å². The zero-order chi connectivity index (χ0) is 26.6. The van der Waals surface area contributed by atoms with E-state index in [2.05, 4.69) is 13.8 Å². The minimum atomic E-state index is -0.213. The lowest BCUT2D eigenvalue weighted by Crippen LogP contribution is -2.63. The Morgan fingerprint density at radius 2 is 1.46 bits per heavy atom. The maximum atomic E-state index is 12.9. The molecule has 4 aliphatic carbocycles. The van der Waals surface area contributed by atoms with Gasteiger partial charge in [0.25, 0.3) is 0 Å². The van der Waals surface area contributed by atoms with Crippen LogP contribution in [0.3, 0.4) is 0 Å². The Morgan fingerprint density at radius 3 is 2.11 bits per heavy atom. The smallest absolute Gasteiger partial charge is 0.133 e. The summed E-state index contributed by atoms with van der Waals surface area (Å²) < 4.78 is 19.4. The Bertz CT molecular complexity index is 745. The van der Waals surface area contributed by atoms with Gasteiger partial charge in [0.05, 0.1) is 18.3 Å². The van der Waals surface area contributed by atoms with Crippen LogP contribution in [-0.2, 0) is 19.0 Å². The predicted octanol–water partition coefficient (Wildman–Crippen LogP) is 3.76. The standard InChI is InChI=1S/C30H52O7/c1-20(34)23-7-8-24-28-25(19-27(30(23,24)3)37-16-6-13-33)29(2)10-9-22(35-14-4-11-31)17-21(29)18-26(28)36-15-5-12-32/h21-28,31-33H,4-19H2,1-3H3/t21?,22-,23-,24+,25+,26-,27+,28?,29+,30-/m1/s1. The van der Waals surface area contributed by atoms with Crippen molar-refractivity contribution in [3.8, 4) is 0 Å². The second-order valence-corrected chi connectivity index (χ2v) is 12.8. The van der Waals surface area contributed by atoms with Crippen LogP contribution in [0.5, 0.6) is 0 Å². The summed E-state index contributed by atoms with van der Waals surface area (Å²) >= 11 is 0. The van der Waals surface area contributed by atoms with Crippen molar-refractivity contribution in [2.45, 2.75) is 103 Å². The molecule has 0 aliphatic heterocycles. The summed E-state index contributed by atoms with van der Waals surface area (Å²) in [5.41, 5.74) is -0.0403. The van der Waals surface area contributed by atoms with Crippen LogP contribution < -0.4 is 0 Å². The van der Waals surface area contributed by atoms with Crippen LogP contribution in [0, 0.1) is 40.4 Å². The predicted molar refractivity (Wildman–Crippen MR) is 141 cm³/mol. The van der Waals surface area contributed by atoms with Gasteiger partial charge >= 0.3 is 0 Å². The fraction of sp³-hybridized carbons (Fsp3) is 0.967. The molecular formula is C30H52O7. The Labute approximate surface area is 223 Å². The minimum absolute atomic E-state index is 0.00824. The second kappa shape index (κ2) is 12.7. The number of Topliss-reactive ketones (excluding diaryl/α,β-unsaturated/α-hetero) is 1. The van der Waals surface area contributed by atoms with Gasteiger partial charge in [-0.3, -0.25) is 4.79 Å². The van der Waals surface area contributed by atoms with E-state index in [-0.39, 0.29) is 60.7 Å². The highest BCUT2D eigenvalue weighted by atomic mass is 16.5. The maximum absolute atomic E-state index is 12.9. The zero-order valence-corrected chi connectivity index (χ0v) is 23.4. The number of carbonyl (C=O) groups is 1. The fourth-order valence-corrected chi connectivity index (χ4v) is 9.24. The highest BCUT2D eigenvalue weighted by Crippen LogP contribution is 2.68. The second-order valence-electron chi connectivity index (χ2n) is 12.8. The molecule has 4 rings (SSSR count). The van der Waals surface area contributed by atoms with E-state index in [0.717, 1.165) is 44.9 Å². The lowest BCUT2D eigenvalue weighted by Gasteiger charge is -2.64. The topological polar surface area (TPSA) is 105 Å². The van der Waals surface area contributed by atoms with Crippen molar-refractivity contribution in [2.24, 2.45) is 40.4 Å². The lowest BCUT2D eigenvalue weighted by atomic mass is 9.43. The number of carbonyl (C=O) groups excluding carboxylic acids is 1. The Kier molecular flexibility index (Phi) is 10.1. The molecule has 3 N–H and O–H groups in total. The molecule has 0 aromatic heterocycles. The number of hydrogen-bond acceptors (Lipinski definition) is 7. The number of fused-ring (bicyclic) bond motifs is 5. The fourth-order valence-electron chi connectivity index (χ4n) is 9.24. The molecule has 0 heterocycles. The zero-order valence-electron chi connectivity index (χ0n) is 23.4. The van der Waals surface area contributed by atoms with Crippen LogP contribution in [0.2, 0.25) is 0 Å². The summed E-state index contributed by atoms with van der Waals surface area (Å²) in [7, 11) is 0. The van der Waals surface area contributed by atoms with E-state index >= 15 is 0 Å².